The van der Waals surface area contributed by atoms with Gasteiger partial charge in [-0.3, -0.25) is 0 Å². The zero-order chi connectivity index (χ0) is 18.2. The Hall–Kier alpha value is -2.57. The van der Waals surface area contributed by atoms with E-state index in [0.717, 1.165) is 39.5 Å². The third kappa shape index (κ3) is 1.89. The van der Waals surface area contributed by atoms with Gasteiger partial charge in [0.1, 0.15) is 29.3 Å². The number of fused-ring (bicyclic) bond motifs is 8. The number of amidine groups is 1. The van der Waals surface area contributed by atoms with E-state index in [-0.39, 0.29) is 0 Å². The van der Waals surface area contributed by atoms with Gasteiger partial charge in [-0.15, -0.1) is 11.3 Å². The molecule has 2 aromatic heterocycles. The molecule has 0 saturated heterocycles. The first-order valence-corrected chi connectivity index (χ1v) is 9.83. The average molecular weight is 396 g/mol. The number of aromatic nitrogens is 1. The summed E-state index contributed by atoms with van der Waals surface area (Å²) in [6, 6.07) is 14.1. The zero-order valence-electron chi connectivity index (χ0n) is 14.4. The normalized spacial score (nSPS) is 21.3. The van der Waals surface area contributed by atoms with E-state index in [0.29, 0.717) is 12.5 Å². The van der Waals surface area contributed by atoms with Crippen LogP contribution in [-0.2, 0) is 12.0 Å². The van der Waals surface area contributed by atoms with Crippen LogP contribution in [0.4, 0.5) is 11.4 Å². The molecular formula is C20H14ClN3O2S. The molecule has 1 atom stereocenters. The van der Waals surface area contributed by atoms with Crippen LogP contribution in [0.15, 0.2) is 47.5 Å². The second kappa shape index (κ2) is 5.24. The van der Waals surface area contributed by atoms with Crippen LogP contribution in [0, 0.1) is 0 Å². The van der Waals surface area contributed by atoms with Gasteiger partial charge in [0.05, 0.1) is 28.6 Å². The number of halogens is 1. The van der Waals surface area contributed by atoms with Crippen molar-refractivity contribution in [1.29, 1.82) is 0 Å². The molecule has 7 heteroatoms. The molecule has 3 aliphatic heterocycles. The van der Waals surface area contributed by atoms with Crippen LogP contribution in [0.5, 0.6) is 11.6 Å². The van der Waals surface area contributed by atoms with E-state index in [4.69, 9.17) is 31.1 Å². The SMILES string of the molecule is COc1ccc2c(n1)C1(CO2)C2=Nc3cc(Cl)sc3CN2c2ccccc21. The van der Waals surface area contributed by atoms with Crippen LogP contribution < -0.4 is 14.4 Å². The van der Waals surface area contributed by atoms with Gasteiger partial charge in [-0.1, -0.05) is 29.8 Å². The topological polar surface area (TPSA) is 47.0 Å². The van der Waals surface area contributed by atoms with E-state index in [2.05, 4.69) is 29.2 Å². The number of rotatable bonds is 1. The zero-order valence-corrected chi connectivity index (χ0v) is 16.0. The Labute approximate surface area is 164 Å². The number of aliphatic imine (C=N–C) groups is 1. The highest BCUT2D eigenvalue weighted by Crippen LogP contribution is 2.55. The molecule has 5 nitrogen and oxygen atoms in total. The molecular weight excluding hydrogens is 382 g/mol. The minimum atomic E-state index is -0.535. The molecule has 0 N–H and O–H groups in total. The van der Waals surface area contributed by atoms with Crippen LogP contribution in [0.3, 0.4) is 0 Å². The largest absolute Gasteiger partial charge is 0.490 e. The minimum absolute atomic E-state index is 0.474. The monoisotopic (exact) mass is 395 g/mol. The number of para-hydroxylation sites is 1. The molecule has 0 radical (unpaired) electrons. The van der Waals surface area contributed by atoms with E-state index in [1.54, 1.807) is 18.4 Å². The first-order valence-electron chi connectivity index (χ1n) is 8.63. The van der Waals surface area contributed by atoms with E-state index < -0.39 is 5.41 Å². The van der Waals surface area contributed by atoms with Gasteiger partial charge in [0, 0.05) is 11.8 Å². The van der Waals surface area contributed by atoms with Crippen molar-refractivity contribution in [3.63, 3.8) is 0 Å². The Morgan fingerprint density at radius 3 is 3.04 bits per heavy atom. The standard InChI is InChI=1S/C20H14ClN3O2S/c1-25-17-7-6-14-18(23-17)20(10-26-14)11-4-2-3-5-13(11)24-9-15-12(22-19(20)24)8-16(21)27-15/h2-8H,9-10H2,1H3. The molecule has 0 amide bonds. The quantitative estimate of drug-likeness (QED) is 0.606. The molecule has 27 heavy (non-hydrogen) atoms. The maximum atomic E-state index is 6.26. The Morgan fingerprint density at radius 2 is 2.15 bits per heavy atom. The van der Waals surface area contributed by atoms with Gasteiger partial charge >= 0.3 is 0 Å². The molecule has 6 rings (SSSR count). The number of ether oxygens (including phenoxy) is 2. The molecule has 1 unspecified atom stereocenters. The first-order chi connectivity index (χ1) is 13.2. The number of pyridine rings is 1. The minimum Gasteiger partial charge on any atom is -0.490 e. The highest BCUT2D eigenvalue weighted by atomic mass is 35.5. The number of anilines is 1. The maximum absolute atomic E-state index is 6.26. The second-order valence-corrected chi connectivity index (χ2v) is 8.56. The first kappa shape index (κ1) is 15.5. The van der Waals surface area contributed by atoms with Crippen LogP contribution in [0.2, 0.25) is 4.34 Å². The predicted octanol–water partition coefficient (Wildman–Crippen LogP) is 4.55. The fraction of sp³-hybridized carbons (Fsp3) is 0.200. The smallest absolute Gasteiger partial charge is 0.213 e. The summed E-state index contributed by atoms with van der Waals surface area (Å²) in [5.74, 6) is 2.31. The van der Waals surface area contributed by atoms with Crippen molar-refractivity contribution in [2.45, 2.75) is 12.0 Å². The summed E-state index contributed by atoms with van der Waals surface area (Å²) in [6.45, 7) is 1.23. The Balaban J connectivity index is 1.67. The molecule has 0 bridgehead atoms. The van der Waals surface area contributed by atoms with Gasteiger partial charge in [-0.2, -0.15) is 0 Å². The number of hydrogen-bond donors (Lipinski definition) is 0. The van der Waals surface area contributed by atoms with Crippen molar-refractivity contribution in [1.82, 2.24) is 4.98 Å². The molecule has 0 saturated carbocycles. The van der Waals surface area contributed by atoms with E-state index >= 15 is 0 Å². The molecule has 134 valence electrons. The number of nitrogens with zero attached hydrogens (tertiary/aromatic N) is 3. The van der Waals surface area contributed by atoms with Gasteiger partial charge in [-0.05, 0) is 23.8 Å². The summed E-state index contributed by atoms with van der Waals surface area (Å²) in [5, 5.41) is 0. The van der Waals surface area contributed by atoms with E-state index in [1.165, 1.54) is 10.4 Å². The van der Waals surface area contributed by atoms with Crippen LogP contribution in [-0.4, -0.2) is 24.5 Å². The third-order valence-electron chi connectivity index (χ3n) is 5.47. The van der Waals surface area contributed by atoms with Gasteiger partial charge < -0.3 is 14.4 Å². The second-order valence-electron chi connectivity index (χ2n) is 6.79. The lowest BCUT2D eigenvalue weighted by molar-refractivity contribution is 0.325. The molecule has 3 aromatic rings. The maximum Gasteiger partial charge on any atom is 0.213 e. The summed E-state index contributed by atoms with van der Waals surface area (Å²) in [5.41, 5.74) is 3.59. The Bertz CT molecular complexity index is 1140. The van der Waals surface area contributed by atoms with E-state index in [9.17, 15) is 0 Å². The number of hydrogen-bond acceptors (Lipinski definition) is 6. The van der Waals surface area contributed by atoms with Crippen molar-refractivity contribution < 1.29 is 9.47 Å². The third-order valence-corrected chi connectivity index (χ3v) is 6.70. The van der Waals surface area contributed by atoms with Gasteiger partial charge in [0.25, 0.3) is 0 Å². The van der Waals surface area contributed by atoms with Gasteiger partial charge in [0.15, 0.2) is 0 Å². The average Bonchev–Trinajstić information content (AvgIpc) is 3.33. The summed E-state index contributed by atoms with van der Waals surface area (Å²) in [7, 11) is 1.63. The molecule has 5 heterocycles. The van der Waals surface area contributed by atoms with Crippen molar-refractivity contribution in [3.05, 3.63) is 62.9 Å². The lowest BCUT2D eigenvalue weighted by Crippen LogP contribution is -2.43. The summed E-state index contributed by atoms with van der Waals surface area (Å²) < 4.78 is 12.2. The fourth-order valence-corrected chi connectivity index (χ4v) is 5.49. The highest BCUT2D eigenvalue weighted by molar-refractivity contribution is 7.16. The lowest BCUT2D eigenvalue weighted by Gasteiger charge is -2.29. The van der Waals surface area contributed by atoms with Crippen LogP contribution in [0.25, 0.3) is 0 Å². The predicted molar refractivity (Wildman–Crippen MR) is 106 cm³/mol. The lowest BCUT2D eigenvalue weighted by atomic mass is 9.79. The van der Waals surface area contributed by atoms with Gasteiger partial charge in [-0.25, -0.2) is 9.98 Å². The Kier molecular flexibility index (Phi) is 3.01. The molecule has 0 fully saturated rings. The van der Waals surface area contributed by atoms with Crippen molar-refractivity contribution in [3.8, 4) is 11.6 Å². The summed E-state index contributed by atoms with van der Waals surface area (Å²) in [4.78, 5) is 13.3. The van der Waals surface area contributed by atoms with E-state index in [1.807, 2.05) is 18.2 Å². The Morgan fingerprint density at radius 1 is 1.26 bits per heavy atom. The summed E-state index contributed by atoms with van der Waals surface area (Å²) in [6.07, 6.45) is 0. The fourth-order valence-electron chi connectivity index (χ4n) is 4.30. The summed E-state index contributed by atoms with van der Waals surface area (Å²) >= 11 is 7.84. The van der Waals surface area contributed by atoms with Crippen molar-refractivity contribution in [2.24, 2.45) is 4.99 Å². The molecule has 1 aromatic carbocycles. The highest BCUT2D eigenvalue weighted by Gasteiger charge is 2.57. The van der Waals surface area contributed by atoms with Crippen molar-refractivity contribution >= 4 is 40.1 Å². The number of methoxy groups -OCH3 is 1. The van der Waals surface area contributed by atoms with Gasteiger partial charge in [0.2, 0.25) is 5.88 Å². The molecule has 1 spiro atoms. The number of thiophene rings is 1. The molecule has 3 aliphatic rings. The van der Waals surface area contributed by atoms with Crippen LogP contribution >= 0.6 is 22.9 Å². The number of benzene rings is 1. The molecule has 0 aliphatic carbocycles. The van der Waals surface area contributed by atoms with Crippen LogP contribution in [0.1, 0.15) is 16.1 Å². The van der Waals surface area contributed by atoms with Crippen molar-refractivity contribution in [2.75, 3.05) is 18.6 Å².